The highest BCUT2D eigenvalue weighted by Crippen LogP contribution is 2.36. The molecule has 1 fully saturated rings. The molecule has 1 saturated heterocycles. The number of primary amides is 1. The van der Waals surface area contributed by atoms with Gasteiger partial charge in [0.2, 0.25) is 10.0 Å². The zero-order valence-corrected chi connectivity index (χ0v) is 19.3. The molecule has 0 unspecified atom stereocenters. The van der Waals surface area contributed by atoms with Gasteiger partial charge in [0.25, 0.3) is 5.91 Å². The fourth-order valence-electron chi connectivity index (χ4n) is 3.68. The Morgan fingerprint density at radius 1 is 1.00 bits per heavy atom. The Bertz CT molecular complexity index is 1130. The van der Waals surface area contributed by atoms with Gasteiger partial charge in [0.1, 0.15) is 11.3 Å². The summed E-state index contributed by atoms with van der Waals surface area (Å²) >= 11 is 0. The number of hydrogen-bond donors (Lipinski definition) is 1. The second-order valence-corrected chi connectivity index (χ2v) is 9.32. The van der Waals surface area contributed by atoms with E-state index < -0.39 is 22.3 Å². The number of carbonyl (C=O) groups is 1. The molecular weight excluding hydrogens is 479 g/mol. The Labute approximate surface area is 194 Å². The molecule has 2 aromatic rings. The maximum atomic E-state index is 13.3. The van der Waals surface area contributed by atoms with Gasteiger partial charge in [-0.15, -0.1) is 13.2 Å². The maximum Gasteiger partial charge on any atom is 0.573 e. The van der Waals surface area contributed by atoms with E-state index in [0.717, 1.165) is 5.56 Å². The van der Waals surface area contributed by atoms with Crippen LogP contribution in [-0.4, -0.2) is 70.3 Å². The average molecular weight is 503 g/mol. The normalized spacial score (nSPS) is 15.7. The van der Waals surface area contributed by atoms with Crippen LogP contribution in [0.5, 0.6) is 17.2 Å². The number of hydrogen-bond acceptors (Lipinski definition) is 7. The molecule has 2 aromatic carbocycles. The van der Waals surface area contributed by atoms with Crippen molar-refractivity contribution in [2.24, 2.45) is 5.73 Å². The lowest BCUT2D eigenvalue weighted by atomic mass is 10.1. The van der Waals surface area contributed by atoms with Crippen LogP contribution in [0.3, 0.4) is 0 Å². The number of alkyl halides is 3. The summed E-state index contributed by atoms with van der Waals surface area (Å²) in [6.07, 6.45) is -4.76. The summed E-state index contributed by atoms with van der Waals surface area (Å²) in [4.78, 5) is 13.8. The first kappa shape index (κ1) is 25.6. The monoisotopic (exact) mass is 503 g/mol. The molecule has 186 valence electrons. The molecule has 0 aliphatic carbocycles. The molecule has 0 atom stereocenters. The molecule has 0 saturated carbocycles. The number of nitrogens with two attached hydrogens (primary N) is 1. The van der Waals surface area contributed by atoms with Crippen LogP contribution in [0.15, 0.2) is 41.3 Å². The number of rotatable bonds is 8. The van der Waals surface area contributed by atoms with Gasteiger partial charge < -0.3 is 19.9 Å². The van der Waals surface area contributed by atoms with Gasteiger partial charge in [-0.25, -0.2) is 8.42 Å². The van der Waals surface area contributed by atoms with Gasteiger partial charge in [0, 0.05) is 32.7 Å². The first-order chi connectivity index (χ1) is 16.0. The number of carbonyl (C=O) groups excluding carboxylic acids is 1. The van der Waals surface area contributed by atoms with Gasteiger partial charge >= 0.3 is 6.36 Å². The van der Waals surface area contributed by atoms with Crippen molar-refractivity contribution in [3.63, 3.8) is 0 Å². The smallest absolute Gasteiger partial charge is 0.493 e. The summed E-state index contributed by atoms with van der Waals surface area (Å²) in [5, 5.41) is 0. The molecule has 1 heterocycles. The largest absolute Gasteiger partial charge is 0.573 e. The number of halogens is 3. The van der Waals surface area contributed by atoms with Crippen LogP contribution in [0.2, 0.25) is 0 Å². The topological polar surface area (TPSA) is 111 Å². The molecule has 0 aromatic heterocycles. The van der Waals surface area contributed by atoms with Gasteiger partial charge in [0.15, 0.2) is 11.5 Å². The number of sulfonamides is 1. The average Bonchev–Trinajstić information content (AvgIpc) is 2.78. The predicted octanol–water partition coefficient (Wildman–Crippen LogP) is 2.21. The van der Waals surface area contributed by atoms with E-state index in [4.69, 9.17) is 15.2 Å². The molecule has 13 heteroatoms. The Kier molecular flexibility index (Phi) is 7.58. The lowest BCUT2D eigenvalue weighted by molar-refractivity contribution is -0.274. The second kappa shape index (κ2) is 10.1. The predicted molar refractivity (Wildman–Crippen MR) is 115 cm³/mol. The van der Waals surface area contributed by atoms with E-state index in [9.17, 15) is 26.4 Å². The summed E-state index contributed by atoms with van der Waals surface area (Å²) in [6.45, 7) is 1.45. The summed E-state index contributed by atoms with van der Waals surface area (Å²) < 4.78 is 78.9. The number of piperazine rings is 1. The van der Waals surface area contributed by atoms with Crippen LogP contribution in [0.1, 0.15) is 15.9 Å². The summed E-state index contributed by atoms with van der Waals surface area (Å²) in [5.41, 5.74) is 5.92. The van der Waals surface area contributed by atoms with Gasteiger partial charge in [-0.2, -0.15) is 4.31 Å². The van der Waals surface area contributed by atoms with Crippen LogP contribution in [0.25, 0.3) is 0 Å². The minimum atomic E-state index is -4.76. The minimum absolute atomic E-state index is 0.0624. The fourth-order valence-corrected chi connectivity index (χ4v) is 5.29. The highest BCUT2D eigenvalue weighted by Gasteiger charge is 2.34. The zero-order chi connectivity index (χ0) is 25.1. The molecule has 0 bridgehead atoms. The first-order valence-electron chi connectivity index (χ1n) is 10.1. The van der Waals surface area contributed by atoms with Crippen molar-refractivity contribution in [3.05, 3.63) is 47.5 Å². The van der Waals surface area contributed by atoms with Crippen LogP contribution < -0.4 is 19.9 Å². The maximum absolute atomic E-state index is 13.3. The highest BCUT2D eigenvalue weighted by atomic mass is 32.2. The van der Waals surface area contributed by atoms with Crippen LogP contribution in [0, 0.1) is 0 Å². The Morgan fingerprint density at radius 2 is 1.62 bits per heavy atom. The highest BCUT2D eigenvalue weighted by molar-refractivity contribution is 7.89. The summed E-state index contributed by atoms with van der Waals surface area (Å²) in [6, 6.07) is 8.14. The molecular formula is C21H24F3N3O6S. The third-order valence-corrected chi connectivity index (χ3v) is 7.21. The van der Waals surface area contributed by atoms with Crippen molar-refractivity contribution in [3.8, 4) is 17.2 Å². The molecule has 9 nitrogen and oxygen atoms in total. The fraction of sp³-hybridized carbons (Fsp3) is 0.381. The molecule has 1 aliphatic rings. The second-order valence-electron chi connectivity index (χ2n) is 7.41. The van der Waals surface area contributed by atoms with Crippen molar-refractivity contribution >= 4 is 15.9 Å². The van der Waals surface area contributed by atoms with Crippen molar-refractivity contribution in [2.75, 3.05) is 40.4 Å². The van der Waals surface area contributed by atoms with Crippen molar-refractivity contribution in [2.45, 2.75) is 17.8 Å². The van der Waals surface area contributed by atoms with E-state index in [-0.39, 0.29) is 40.8 Å². The number of ether oxygens (including phenoxy) is 3. The molecule has 2 N–H and O–H groups in total. The van der Waals surface area contributed by atoms with Crippen molar-refractivity contribution < 1.29 is 40.6 Å². The molecule has 0 radical (unpaired) electrons. The van der Waals surface area contributed by atoms with E-state index in [1.54, 1.807) is 0 Å². The van der Waals surface area contributed by atoms with Crippen LogP contribution in [0.4, 0.5) is 13.2 Å². The number of methoxy groups -OCH3 is 2. The molecule has 1 amide bonds. The van der Waals surface area contributed by atoms with Gasteiger partial charge in [0.05, 0.1) is 19.1 Å². The number of benzene rings is 2. The van der Waals surface area contributed by atoms with E-state index in [0.29, 0.717) is 19.6 Å². The van der Waals surface area contributed by atoms with E-state index in [1.807, 2.05) is 4.90 Å². The Morgan fingerprint density at radius 3 is 2.12 bits per heavy atom. The van der Waals surface area contributed by atoms with Crippen molar-refractivity contribution in [1.82, 2.24) is 9.21 Å². The lowest BCUT2D eigenvalue weighted by Gasteiger charge is -2.34. The molecule has 3 rings (SSSR count). The SMILES string of the molecule is COc1ccc(S(=O)(=O)N2CCN(Cc3ccc(OC(F)(F)F)cc3)CC2)c(C(N)=O)c1OC. The van der Waals surface area contributed by atoms with Gasteiger partial charge in [-0.1, -0.05) is 12.1 Å². The van der Waals surface area contributed by atoms with E-state index >= 15 is 0 Å². The third-order valence-electron chi connectivity index (χ3n) is 5.27. The Hall–Kier alpha value is -3.03. The van der Waals surface area contributed by atoms with Crippen molar-refractivity contribution in [1.29, 1.82) is 0 Å². The Balaban J connectivity index is 1.71. The molecule has 34 heavy (non-hydrogen) atoms. The van der Waals surface area contributed by atoms with E-state index in [1.165, 1.54) is 54.9 Å². The van der Waals surface area contributed by atoms with Gasteiger partial charge in [-0.05, 0) is 29.8 Å². The molecule has 0 spiro atoms. The quantitative estimate of drug-likeness (QED) is 0.588. The standard InChI is InChI=1S/C21H24F3N3O6S/c1-31-16-7-8-17(18(20(25)28)19(16)32-2)34(29,30)27-11-9-26(10-12-27)13-14-3-5-15(6-4-14)33-21(22,23)24/h3-8H,9-13H2,1-2H3,(H2,25,28). The van der Waals surface area contributed by atoms with Crippen LogP contribution >= 0.6 is 0 Å². The van der Waals surface area contributed by atoms with Gasteiger partial charge in [-0.3, -0.25) is 9.69 Å². The number of nitrogens with zero attached hydrogens (tertiary/aromatic N) is 2. The van der Waals surface area contributed by atoms with E-state index in [2.05, 4.69) is 4.74 Å². The number of amides is 1. The third kappa shape index (κ3) is 5.72. The van der Waals surface area contributed by atoms with Crippen LogP contribution in [-0.2, 0) is 16.6 Å². The zero-order valence-electron chi connectivity index (χ0n) is 18.5. The first-order valence-corrected chi connectivity index (χ1v) is 11.5. The lowest BCUT2D eigenvalue weighted by Crippen LogP contribution is -2.48. The minimum Gasteiger partial charge on any atom is -0.493 e. The summed E-state index contributed by atoms with van der Waals surface area (Å²) in [7, 11) is -1.43. The molecule has 1 aliphatic heterocycles. The summed E-state index contributed by atoms with van der Waals surface area (Å²) in [5.74, 6) is -1.17.